The van der Waals surface area contributed by atoms with Gasteiger partial charge in [0.25, 0.3) is 0 Å². The Morgan fingerprint density at radius 3 is 2.65 bits per heavy atom. The molecule has 0 bridgehead atoms. The first-order valence-corrected chi connectivity index (χ1v) is 11.2. The highest BCUT2D eigenvalue weighted by Crippen LogP contribution is 2.34. The SMILES string of the molecule is Cc1ccc(Sc2nccnc2N2CCC[C@@H](C(=O)NCc3ccc(F)cc3)C2)cc1. The second-order valence-electron chi connectivity index (χ2n) is 7.73. The van der Waals surface area contributed by atoms with E-state index < -0.39 is 0 Å². The number of piperidine rings is 1. The van der Waals surface area contributed by atoms with Gasteiger partial charge in [-0.15, -0.1) is 0 Å². The second kappa shape index (κ2) is 9.92. The van der Waals surface area contributed by atoms with Crippen molar-refractivity contribution in [2.24, 2.45) is 5.92 Å². The summed E-state index contributed by atoms with van der Waals surface area (Å²) in [7, 11) is 0. The lowest BCUT2D eigenvalue weighted by Crippen LogP contribution is -2.43. The lowest BCUT2D eigenvalue weighted by Gasteiger charge is -2.33. The Labute approximate surface area is 186 Å². The molecule has 0 radical (unpaired) electrons. The number of amides is 1. The molecule has 1 amide bonds. The van der Waals surface area contributed by atoms with Gasteiger partial charge in [0, 0.05) is 36.9 Å². The molecule has 0 unspecified atom stereocenters. The van der Waals surface area contributed by atoms with Gasteiger partial charge in [-0.3, -0.25) is 4.79 Å². The van der Waals surface area contributed by atoms with Crippen molar-refractivity contribution in [2.75, 3.05) is 18.0 Å². The minimum Gasteiger partial charge on any atom is -0.354 e. The van der Waals surface area contributed by atoms with Crippen LogP contribution in [0.2, 0.25) is 0 Å². The van der Waals surface area contributed by atoms with E-state index in [0.29, 0.717) is 13.1 Å². The topological polar surface area (TPSA) is 58.1 Å². The van der Waals surface area contributed by atoms with Crippen molar-refractivity contribution in [2.45, 2.75) is 36.2 Å². The third kappa shape index (κ3) is 5.61. The van der Waals surface area contributed by atoms with E-state index in [1.165, 1.54) is 17.7 Å². The van der Waals surface area contributed by atoms with Gasteiger partial charge in [-0.25, -0.2) is 14.4 Å². The molecule has 1 fully saturated rings. The van der Waals surface area contributed by atoms with E-state index in [0.717, 1.165) is 40.7 Å². The number of benzene rings is 2. The molecule has 1 N–H and O–H groups in total. The highest BCUT2D eigenvalue weighted by atomic mass is 32.2. The lowest BCUT2D eigenvalue weighted by atomic mass is 9.97. The van der Waals surface area contributed by atoms with E-state index in [2.05, 4.69) is 51.4 Å². The second-order valence-corrected chi connectivity index (χ2v) is 8.79. The number of carbonyl (C=O) groups excluding carboxylic acids is 1. The van der Waals surface area contributed by atoms with Crippen LogP contribution in [0.3, 0.4) is 0 Å². The number of hydrogen-bond donors (Lipinski definition) is 1. The van der Waals surface area contributed by atoms with Gasteiger partial charge in [-0.05, 0) is 49.6 Å². The molecule has 0 aliphatic carbocycles. The van der Waals surface area contributed by atoms with Crippen LogP contribution >= 0.6 is 11.8 Å². The van der Waals surface area contributed by atoms with E-state index in [4.69, 9.17) is 0 Å². The van der Waals surface area contributed by atoms with E-state index in [-0.39, 0.29) is 17.6 Å². The zero-order valence-electron chi connectivity index (χ0n) is 17.4. The predicted octanol–water partition coefficient (Wildman–Crippen LogP) is 4.61. The van der Waals surface area contributed by atoms with Gasteiger partial charge in [0.05, 0.1) is 5.92 Å². The third-order valence-corrected chi connectivity index (χ3v) is 6.34. The molecule has 160 valence electrons. The number of halogens is 1. The molecule has 31 heavy (non-hydrogen) atoms. The highest BCUT2D eigenvalue weighted by Gasteiger charge is 2.28. The largest absolute Gasteiger partial charge is 0.354 e. The molecule has 4 rings (SSSR count). The molecule has 1 aromatic heterocycles. The Morgan fingerprint density at radius 2 is 1.87 bits per heavy atom. The zero-order valence-corrected chi connectivity index (χ0v) is 18.2. The van der Waals surface area contributed by atoms with Crippen LogP contribution < -0.4 is 10.2 Å². The van der Waals surface area contributed by atoms with Gasteiger partial charge in [0.2, 0.25) is 5.91 Å². The van der Waals surface area contributed by atoms with E-state index in [9.17, 15) is 9.18 Å². The Kier molecular flexibility index (Phi) is 6.82. The summed E-state index contributed by atoms with van der Waals surface area (Å²) in [5.41, 5.74) is 2.10. The summed E-state index contributed by atoms with van der Waals surface area (Å²) in [5, 5.41) is 3.84. The molecular weight excluding hydrogens is 411 g/mol. The van der Waals surface area contributed by atoms with Crippen molar-refractivity contribution in [1.82, 2.24) is 15.3 Å². The maximum absolute atomic E-state index is 13.1. The molecular formula is C24H25FN4OS. The normalized spacial score (nSPS) is 16.2. The van der Waals surface area contributed by atoms with Crippen molar-refractivity contribution in [3.05, 3.63) is 77.9 Å². The van der Waals surface area contributed by atoms with Crippen LogP contribution in [0.5, 0.6) is 0 Å². The average Bonchev–Trinajstić information content (AvgIpc) is 2.80. The van der Waals surface area contributed by atoms with Crippen LogP contribution in [-0.2, 0) is 11.3 Å². The number of rotatable bonds is 6. The number of nitrogens with one attached hydrogen (secondary N) is 1. The molecule has 1 aliphatic rings. The first-order valence-electron chi connectivity index (χ1n) is 10.4. The van der Waals surface area contributed by atoms with Crippen molar-refractivity contribution in [1.29, 1.82) is 0 Å². The number of aromatic nitrogens is 2. The van der Waals surface area contributed by atoms with Crippen molar-refractivity contribution < 1.29 is 9.18 Å². The fourth-order valence-corrected chi connectivity index (χ4v) is 4.53. The van der Waals surface area contributed by atoms with Crippen molar-refractivity contribution >= 4 is 23.5 Å². The van der Waals surface area contributed by atoms with Gasteiger partial charge in [-0.2, -0.15) is 0 Å². The molecule has 5 nitrogen and oxygen atoms in total. The Morgan fingerprint density at radius 1 is 1.13 bits per heavy atom. The molecule has 2 heterocycles. The summed E-state index contributed by atoms with van der Waals surface area (Å²) in [6, 6.07) is 14.5. The van der Waals surface area contributed by atoms with Crippen LogP contribution in [0, 0.1) is 18.7 Å². The van der Waals surface area contributed by atoms with Crippen molar-refractivity contribution in [3.63, 3.8) is 0 Å². The summed E-state index contributed by atoms with van der Waals surface area (Å²) >= 11 is 1.59. The first-order chi connectivity index (χ1) is 15.1. The van der Waals surface area contributed by atoms with E-state index in [1.807, 2.05) is 0 Å². The minimum atomic E-state index is -0.277. The van der Waals surface area contributed by atoms with Gasteiger partial charge in [0.1, 0.15) is 10.8 Å². The van der Waals surface area contributed by atoms with Crippen molar-refractivity contribution in [3.8, 4) is 0 Å². The number of nitrogens with zero attached hydrogens (tertiary/aromatic N) is 3. The van der Waals surface area contributed by atoms with E-state index >= 15 is 0 Å². The predicted molar refractivity (Wildman–Crippen MR) is 121 cm³/mol. The molecule has 3 aromatic rings. The van der Waals surface area contributed by atoms with Crippen LogP contribution in [0.25, 0.3) is 0 Å². The fourth-order valence-electron chi connectivity index (χ4n) is 3.64. The number of hydrogen-bond acceptors (Lipinski definition) is 5. The zero-order chi connectivity index (χ0) is 21.6. The summed E-state index contributed by atoms with van der Waals surface area (Å²) in [6.07, 6.45) is 5.16. The summed E-state index contributed by atoms with van der Waals surface area (Å²) in [5.74, 6) is 0.449. The average molecular weight is 437 g/mol. The molecule has 0 spiro atoms. The standard InChI is InChI=1S/C24H25FN4OS/c1-17-4-10-21(11-5-17)31-24-22(26-12-13-27-24)29-14-2-3-19(16-29)23(30)28-15-18-6-8-20(25)9-7-18/h4-13,19H,2-3,14-16H2,1H3,(H,28,30)/t19-/m1/s1. The van der Waals surface area contributed by atoms with Gasteiger partial charge in [0.15, 0.2) is 5.82 Å². The summed E-state index contributed by atoms with van der Waals surface area (Å²) < 4.78 is 13.1. The maximum atomic E-state index is 13.1. The number of aryl methyl sites for hydroxylation is 1. The first kappa shape index (κ1) is 21.3. The van der Waals surface area contributed by atoms with Gasteiger partial charge < -0.3 is 10.2 Å². The molecule has 1 saturated heterocycles. The van der Waals surface area contributed by atoms with Crippen LogP contribution in [0.4, 0.5) is 10.2 Å². The Bertz CT molecular complexity index is 1030. The quantitative estimate of drug-likeness (QED) is 0.612. The lowest BCUT2D eigenvalue weighted by molar-refractivity contribution is -0.125. The van der Waals surface area contributed by atoms with Gasteiger partial charge in [-0.1, -0.05) is 41.6 Å². The smallest absolute Gasteiger partial charge is 0.225 e. The number of anilines is 1. The molecule has 7 heteroatoms. The molecule has 1 aliphatic heterocycles. The summed E-state index contributed by atoms with van der Waals surface area (Å²) in [4.78, 5) is 25.2. The van der Waals surface area contributed by atoms with Crippen LogP contribution in [-0.4, -0.2) is 29.0 Å². The molecule has 1 atom stereocenters. The van der Waals surface area contributed by atoms with Crippen LogP contribution in [0.15, 0.2) is 70.8 Å². The number of carbonyl (C=O) groups is 1. The maximum Gasteiger partial charge on any atom is 0.225 e. The summed E-state index contributed by atoms with van der Waals surface area (Å²) in [6.45, 7) is 3.92. The highest BCUT2D eigenvalue weighted by molar-refractivity contribution is 7.99. The van der Waals surface area contributed by atoms with E-state index in [1.54, 1.807) is 36.3 Å². The van der Waals surface area contributed by atoms with Crippen LogP contribution in [0.1, 0.15) is 24.0 Å². The monoisotopic (exact) mass is 436 g/mol. The molecule has 2 aromatic carbocycles. The Hall–Kier alpha value is -2.93. The fraction of sp³-hybridized carbons (Fsp3) is 0.292. The third-order valence-electron chi connectivity index (χ3n) is 5.35. The minimum absolute atomic E-state index is 0.0191. The Balaban J connectivity index is 1.41. The van der Waals surface area contributed by atoms with Gasteiger partial charge >= 0.3 is 0 Å². The molecule has 0 saturated carbocycles.